The van der Waals surface area contributed by atoms with Gasteiger partial charge in [-0.2, -0.15) is 0 Å². The van der Waals surface area contributed by atoms with E-state index in [1.807, 2.05) is 0 Å². The van der Waals surface area contributed by atoms with Crippen LogP contribution in [0.15, 0.2) is 181 Å². The summed E-state index contributed by atoms with van der Waals surface area (Å²) >= 11 is 0. The molecule has 6 aromatic carbocycles. The Labute approximate surface area is 314 Å². The number of rotatable bonds is 7. The summed E-state index contributed by atoms with van der Waals surface area (Å²) in [6.45, 7) is 8.73. The predicted molar refractivity (Wildman–Crippen MR) is 227 cm³/mol. The fraction of sp³-hybridized carbons (Fsp3) is 0.137. The first kappa shape index (κ1) is 32.8. The number of allylic oxidation sites excluding steroid dienone is 4. The maximum absolute atomic E-state index is 2.52. The van der Waals surface area contributed by atoms with Gasteiger partial charge in [-0.1, -0.05) is 138 Å². The lowest BCUT2D eigenvalue weighted by atomic mass is 9.62. The molecule has 0 amide bonds. The third-order valence-electron chi connectivity index (χ3n) is 11.1. The van der Waals surface area contributed by atoms with Crippen molar-refractivity contribution in [2.75, 3.05) is 9.80 Å². The number of hydrogen-bond acceptors (Lipinski definition) is 2. The minimum Gasteiger partial charge on any atom is -0.336 e. The Morgan fingerprint density at radius 1 is 0.585 bits per heavy atom. The van der Waals surface area contributed by atoms with Gasteiger partial charge in [0.25, 0.3) is 0 Å². The Hall–Kier alpha value is -6.12. The highest BCUT2D eigenvalue weighted by Crippen LogP contribution is 2.57. The van der Waals surface area contributed by atoms with E-state index in [9.17, 15) is 0 Å². The van der Waals surface area contributed by atoms with E-state index in [4.69, 9.17) is 0 Å². The van der Waals surface area contributed by atoms with E-state index in [0.29, 0.717) is 6.04 Å². The van der Waals surface area contributed by atoms with Crippen molar-refractivity contribution < 1.29 is 0 Å². The molecule has 1 saturated heterocycles. The standard InChI is InChI=1S/C51H44N2/c1-35-5-21-45(22-6-35)52(46-23-7-36(2)8-24-46)47-25-14-39(15-26-47)11-12-40-13-16-44-32-43(18-17-42(44)31-40)41-19-27-48(28-20-41)53-49-29-9-37(3)33-51(49)34-38(4)10-30-50(51)53/h5-9,11-34,49H,10H2,1-4H3/b12-11+. The Bertz CT molecular complexity index is 2450. The number of nitrogens with zero attached hydrogens (tertiary/aromatic N) is 2. The molecule has 1 heterocycles. The van der Waals surface area contributed by atoms with Crippen LogP contribution in [0.25, 0.3) is 34.1 Å². The highest BCUT2D eigenvalue weighted by Gasteiger charge is 2.55. The lowest BCUT2D eigenvalue weighted by Crippen LogP contribution is -2.61. The van der Waals surface area contributed by atoms with Crippen LogP contribution in [0.3, 0.4) is 0 Å². The van der Waals surface area contributed by atoms with Crippen molar-refractivity contribution in [3.8, 4) is 11.1 Å². The van der Waals surface area contributed by atoms with Gasteiger partial charge < -0.3 is 9.80 Å². The summed E-state index contributed by atoms with van der Waals surface area (Å²) < 4.78 is 0. The lowest BCUT2D eigenvalue weighted by Gasteiger charge is -2.60. The fourth-order valence-electron chi connectivity index (χ4n) is 8.35. The van der Waals surface area contributed by atoms with Crippen molar-refractivity contribution in [1.82, 2.24) is 0 Å². The minimum atomic E-state index is 0.0165. The molecule has 53 heavy (non-hydrogen) atoms. The van der Waals surface area contributed by atoms with Crippen LogP contribution in [0, 0.1) is 19.3 Å². The fourth-order valence-corrected chi connectivity index (χ4v) is 8.35. The topological polar surface area (TPSA) is 6.48 Å². The number of anilines is 4. The Balaban J connectivity index is 0.910. The van der Waals surface area contributed by atoms with Crippen LogP contribution < -0.4 is 9.80 Å². The van der Waals surface area contributed by atoms with Crippen LogP contribution in [0.2, 0.25) is 0 Å². The second-order valence-electron chi connectivity index (χ2n) is 15.1. The van der Waals surface area contributed by atoms with Crippen molar-refractivity contribution in [1.29, 1.82) is 0 Å². The third-order valence-corrected chi connectivity index (χ3v) is 11.1. The summed E-state index contributed by atoms with van der Waals surface area (Å²) in [5.74, 6) is 0. The number of fused-ring (bicyclic) bond motifs is 1. The number of aryl methyl sites for hydroxylation is 2. The molecule has 3 aliphatic rings. The lowest BCUT2D eigenvalue weighted by molar-refractivity contribution is 0.366. The number of benzene rings is 6. The van der Waals surface area contributed by atoms with Crippen molar-refractivity contribution in [2.45, 2.75) is 40.2 Å². The van der Waals surface area contributed by atoms with Crippen molar-refractivity contribution in [3.63, 3.8) is 0 Å². The SMILES string of the molecule is CC1=CC23C=C(C)CC=C2N(c2ccc(-c4ccc5cc(/C=C/c6ccc(N(c7ccc(C)cc7)c7ccc(C)cc7)cc6)ccc5c4)cc2)C3C=C1. The van der Waals surface area contributed by atoms with Crippen LogP contribution in [-0.4, -0.2) is 6.04 Å². The molecular formula is C51H44N2. The molecule has 2 heteroatoms. The molecule has 1 spiro atoms. The molecule has 0 N–H and O–H groups in total. The molecule has 0 bridgehead atoms. The summed E-state index contributed by atoms with van der Waals surface area (Å²) in [7, 11) is 0. The number of hydrogen-bond donors (Lipinski definition) is 0. The average molecular weight is 685 g/mol. The van der Waals surface area contributed by atoms with Gasteiger partial charge in [-0.05, 0) is 128 Å². The van der Waals surface area contributed by atoms with Gasteiger partial charge in [-0.15, -0.1) is 0 Å². The summed E-state index contributed by atoms with van der Waals surface area (Å²) in [6, 6.07) is 49.3. The Morgan fingerprint density at radius 3 is 1.83 bits per heavy atom. The zero-order valence-electron chi connectivity index (χ0n) is 30.9. The zero-order chi connectivity index (χ0) is 36.1. The van der Waals surface area contributed by atoms with E-state index in [1.54, 1.807) is 0 Å². The third kappa shape index (κ3) is 6.05. The van der Waals surface area contributed by atoms with E-state index in [-0.39, 0.29) is 5.41 Å². The molecule has 258 valence electrons. The second-order valence-corrected chi connectivity index (χ2v) is 15.1. The summed E-state index contributed by atoms with van der Waals surface area (Å²) in [5, 5.41) is 2.49. The average Bonchev–Trinajstić information content (AvgIpc) is 3.17. The van der Waals surface area contributed by atoms with Gasteiger partial charge >= 0.3 is 0 Å². The molecule has 1 fully saturated rings. The van der Waals surface area contributed by atoms with Gasteiger partial charge in [0.15, 0.2) is 0 Å². The summed E-state index contributed by atoms with van der Waals surface area (Å²) in [6.07, 6.45) is 17.5. The smallest absolute Gasteiger partial charge is 0.0714 e. The van der Waals surface area contributed by atoms with Crippen molar-refractivity contribution in [2.24, 2.45) is 5.41 Å². The first-order valence-corrected chi connectivity index (χ1v) is 18.7. The van der Waals surface area contributed by atoms with E-state index in [2.05, 4.69) is 213 Å². The van der Waals surface area contributed by atoms with Crippen molar-refractivity contribution >= 4 is 45.7 Å². The molecule has 2 atom stereocenters. The van der Waals surface area contributed by atoms with Gasteiger partial charge in [-0.3, -0.25) is 0 Å². The Morgan fingerprint density at radius 2 is 1.15 bits per heavy atom. The molecule has 0 saturated carbocycles. The molecular weight excluding hydrogens is 641 g/mol. The van der Waals surface area contributed by atoms with Gasteiger partial charge in [-0.25, -0.2) is 0 Å². The van der Waals surface area contributed by atoms with Gasteiger partial charge in [0.1, 0.15) is 0 Å². The molecule has 0 radical (unpaired) electrons. The van der Waals surface area contributed by atoms with Crippen LogP contribution in [0.1, 0.15) is 42.5 Å². The second kappa shape index (κ2) is 13.1. The molecule has 0 aromatic heterocycles. The molecule has 6 aromatic rings. The molecule has 2 nitrogen and oxygen atoms in total. The van der Waals surface area contributed by atoms with E-state index >= 15 is 0 Å². The largest absolute Gasteiger partial charge is 0.336 e. The quantitative estimate of drug-likeness (QED) is 0.122. The minimum absolute atomic E-state index is 0.0165. The van der Waals surface area contributed by atoms with Gasteiger partial charge in [0, 0.05) is 28.4 Å². The molecule has 2 aliphatic carbocycles. The maximum atomic E-state index is 2.52. The highest BCUT2D eigenvalue weighted by atomic mass is 15.3. The highest BCUT2D eigenvalue weighted by molar-refractivity contribution is 5.90. The van der Waals surface area contributed by atoms with Crippen LogP contribution >= 0.6 is 0 Å². The zero-order valence-corrected chi connectivity index (χ0v) is 30.9. The van der Waals surface area contributed by atoms with Crippen molar-refractivity contribution in [3.05, 3.63) is 203 Å². The maximum Gasteiger partial charge on any atom is 0.0714 e. The first-order chi connectivity index (χ1) is 25.8. The molecule has 1 aliphatic heterocycles. The molecule has 9 rings (SSSR count). The Kier molecular flexibility index (Phi) is 8.12. The summed E-state index contributed by atoms with van der Waals surface area (Å²) in [4.78, 5) is 4.83. The van der Waals surface area contributed by atoms with Gasteiger partial charge in [0.2, 0.25) is 0 Å². The van der Waals surface area contributed by atoms with Crippen LogP contribution in [0.4, 0.5) is 22.7 Å². The van der Waals surface area contributed by atoms with Crippen LogP contribution in [0.5, 0.6) is 0 Å². The summed E-state index contributed by atoms with van der Waals surface area (Å²) in [5.41, 5.74) is 16.3. The normalized spacial score (nSPS) is 18.9. The van der Waals surface area contributed by atoms with Gasteiger partial charge in [0.05, 0.1) is 11.5 Å². The van der Waals surface area contributed by atoms with Crippen LogP contribution in [-0.2, 0) is 0 Å². The van der Waals surface area contributed by atoms with E-state index in [1.165, 1.54) is 66.7 Å². The molecule has 2 unspecified atom stereocenters. The van der Waals surface area contributed by atoms with E-state index in [0.717, 1.165) is 23.5 Å². The first-order valence-electron chi connectivity index (χ1n) is 18.7. The van der Waals surface area contributed by atoms with E-state index < -0.39 is 0 Å². The predicted octanol–water partition coefficient (Wildman–Crippen LogP) is 13.7. The monoisotopic (exact) mass is 684 g/mol.